The minimum atomic E-state index is -0.350. The van der Waals surface area contributed by atoms with Crippen LogP contribution >= 0.6 is 0 Å². The van der Waals surface area contributed by atoms with Crippen LogP contribution < -0.4 is 5.32 Å². The van der Waals surface area contributed by atoms with Gasteiger partial charge in [-0.15, -0.1) is 0 Å². The SMILES string of the molecule is CCCCNC(=O)CCCCCN1C(=O)C2Cc3ccccc3CN2C1=O. The first kappa shape index (κ1) is 19.4. The molecule has 0 spiro atoms. The molecule has 6 nitrogen and oxygen atoms in total. The monoisotopic (exact) mass is 371 g/mol. The summed E-state index contributed by atoms with van der Waals surface area (Å²) in [4.78, 5) is 40.1. The summed E-state index contributed by atoms with van der Waals surface area (Å²) in [5.41, 5.74) is 2.29. The van der Waals surface area contributed by atoms with Crippen molar-refractivity contribution in [3.05, 3.63) is 35.4 Å². The van der Waals surface area contributed by atoms with Gasteiger partial charge in [-0.2, -0.15) is 0 Å². The highest BCUT2D eigenvalue weighted by Gasteiger charge is 2.46. The van der Waals surface area contributed by atoms with Crippen LogP contribution in [0.4, 0.5) is 4.79 Å². The Kier molecular flexibility index (Phi) is 6.48. The predicted molar refractivity (Wildman–Crippen MR) is 103 cm³/mol. The van der Waals surface area contributed by atoms with E-state index in [-0.39, 0.29) is 23.9 Å². The molecule has 1 aromatic carbocycles. The highest BCUT2D eigenvalue weighted by molar-refractivity contribution is 6.04. The van der Waals surface area contributed by atoms with Crippen molar-refractivity contribution in [3.63, 3.8) is 0 Å². The van der Waals surface area contributed by atoms with Crippen LogP contribution in [-0.2, 0) is 22.6 Å². The Morgan fingerprint density at radius 2 is 1.89 bits per heavy atom. The minimum Gasteiger partial charge on any atom is -0.356 e. The molecule has 0 aromatic heterocycles. The maximum atomic E-state index is 12.7. The normalized spacial score (nSPS) is 18.5. The zero-order valence-electron chi connectivity index (χ0n) is 16.1. The number of imide groups is 1. The number of nitrogens with one attached hydrogen (secondary N) is 1. The molecule has 0 aliphatic carbocycles. The van der Waals surface area contributed by atoms with E-state index in [1.54, 1.807) is 4.90 Å². The van der Waals surface area contributed by atoms with Gasteiger partial charge in [0, 0.05) is 32.5 Å². The molecule has 0 saturated carbocycles. The lowest BCUT2D eigenvalue weighted by molar-refractivity contribution is -0.128. The molecule has 3 rings (SSSR count). The Balaban J connectivity index is 1.42. The number of fused-ring (bicyclic) bond motifs is 2. The first-order valence-corrected chi connectivity index (χ1v) is 10.1. The topological polar surface area (TPSA) is 69.7 Å². The Hall–Kier alpha value is -2.37. The molecule has 1 fully saturated rings. The van der Waals surface area contributed by atoms with Crippen LogP contribution in [-0.4, -0.2) is 46.8 Å². The number of benzene rings is 1. The van der Waals surface area contributed by atoms with Crippen LogP contribution in [0, 0.1) is 0 Å². The van der Waals surface area contributed by atoms with Gasteiger partial charge in [-0.3, -0.25) is 14.5 Å². The standard InChI is InChI=1S/C21H29N3O3/c1-2-3-12-22-19(25)11-5-4-8-13-23-20(26)18-14-16-9-6-7-10-17(16)15-24(18)21(23)27/h6-7,9-10,18H,2-5,8,11-15H2,1H3,(H,22,25). The number of rotatable bonds is 9. The van der Waals surface area contributed by atoms with Gasteiger partial charge in [0.1, 0.15) is 6.04 Å². The first-order chi connectivity index (χ1) is 13.1. The number of nitrogens with zero attached hydrogens (tertiary/aromatic N) is 2. The molecule has 4 amide bonds. The van der Waals surface area contributed by atoms with Crippen molar-refractivity contribution in [2.24, 2.45) is 0 Å². The third-order valence-corrected chi connectivity index (χ3v) is 5.41. The van der Waals surface area contributed by atoms with Crippen molar-refractivity contribution in [1.29, 1.82) is 0 Å². The molecule has 1 saturated heterocycles. The van der Waals surface area contributed by atoms with E-state index in [4.69, 9.17) is 0 Å². The van der Waals surface area contributed by atoms with Crippen LogP contribution in [0.1, 0.15) is 56.6 Å². The lowest BCUT2D eigenvalue weighted by Crippen LogP contribution is -2.39. The first-order valence-electron chi connectivity index (χ1n) is 10.1. The van der Waals surface area contributed by atoms with E-state index in [0.717, 1.165) is 49.8 Å². The highest BCUT2D eigenvalue weighted by atomic mass is 16.2. The van der Waals surface area contributed by atoms with E-state index in [0.29, 0.717) is 25.9 Å². The van der Waals surface area contributed by atoms with Crippen molar-refractivity contribution >= 4 is 17.8 Å². The quantitative estimate of drug-likeness (QED) is 0.536. The molecular formula is C21H29N3O3. The molecule has 0 radical (unpaired) electrons. The van der Waals surface area contributed by atoms with Crippen LogP contribution in [0.15, 0.2) is 24.3 Å². The number of urea groups is 1. The summed E-state index contributed by atoms with van der Waals surface area (Å²) in [5.74, 6) is 0.0125. The molecule has 2 aliphatic rings. The maximum Gasteiger partial charge on any atom is 0.327 e. The van der Waals surface area contributed by atoms with Crippen molar-refractivity contribution in [3.8, 4) is 0 Å². The van der Waals surface area contributed by atoms with Crippen LogP contribution in [0.3, 0.4) is 0 Å². The van der Waals surface area contributed by atoms with Gasteiger partial charge < -0.3 is 10.2 Å². The predicted octanol–water partition coefficient (Wildman–Crippen LogP) is 2.85. The van der Waals surface area contributed by atoms with Gasteiger partial charge >= 0.3 is 6.03 Å². The summed E-state index contributed by atoms with van der Waals surface area (Å²) < 4.78 is 0. The second-order valence-corrected chi connectivity index (χ2v) is 7.40. The lowest BCUT2D eigenvalue weighted by atomic mass is 9.95. The zero-order chi connectivity index (χ0) is 19.2. The average Bonchev–Trinajstić information content (AvgIpc) is 2.90. The Morgan fingerprint density at radius 3 is 2.67 bits per heavy atom. The number of carbonyl (C=O) groups excluding carboxylic acids is 3. The van der Waals surface area contributed by atoms with Crippen molar-refractivity contribution < 1.29 is 14.4 Å². The minimum absolute atomic E-state index is 0.0770. The number of unbranched alkanes of at least 4 members (excludes halogenated alkanes) is 3. The molecule has 1 N–H and O–H groups in total. The molecule has 146 valence electrons. The fourth-order valence-corrected chi connectivity index (χ4v) is 3.80. The van der Waals surface area contributed by atoms with Gasteiger partial charge in [0.2, 0.25) is 5.91 Å². The van der Waals surface area contributed by atoms with E-state index >= 15 is 0 Å². The zero-order valence-corrected chi connectivity index (χ0v) is 16.1. The number of hydrogen-bond donors (Lipinski definition) is 1. The fourth-order valence-electron chi connectivity index (χ4n) is 3.80. The molecule has 2 heterocycles. The smallest absolute Gasteiger partial charge is 0.327 e. The van der Waals surface area contributed by atoms with Crippen molar-refractivity contribution in [1.82, 2.24) is 15.1 Å². The second kappa shape index (κ2) is 9.02. The molecule has 0 bridgehead atoms. The molecule has 1 aromatic rings. The van der Waals surface area contributed by atoms with E-state index < -0.39 is 0 Å². The van der Waals surface area contributed by atoms with Gasteiger partial charge in [-0.05, 0) is 30.4 Å². The van der Waals surface area contributed by atoms with Crippen LogP contribution in [0.2, 0.25) is 0 Å². The van der Waals surface area contributed by atoms with Crippen LogP contribution in [0.5, 0.6) is 0 Å². The third-order valence-electron chi connectivity index (χ3n) is 5.41. The fraction of sp³-hybridized carbons (Fsp3) is 0.571. The summed E-state index contributed by atoms with van der Waals surface area (Å²) >= 11 is 0. The average molecular weight is 371 g/mol. The Bertz CT molecular complexity index is 661. The summed E-state index contributed by atoms with van der Waals surface area (Å²) in [6.45, 7) is 3.79. The van der Waals surface area contributed by atoms with Gasteiger partial charge in [-0.1, -0.05) is 44.0 Å². The molecule has 27 heavy (non-hydrogen) atoms. The van der Waals surface area contributed by atoms with E-state index in [1.807, 2.05) is 24.3 Å². The molecule has 1 unspecified atom stereocenters. The number of hydrogen-bond acceptors (Lipinski definition) is 3. The van der Waals surface area contributed by atoms with Gasteiger partial charge in [0.15, 0.2) is 0 Å². The van der Waals surface area contributed by atoms with Crippen LogP contribution in [0.25, 0.3) is 0 Å². The summed E-state index contributed by atoms with van der Waals surface area (Å²) in [6.07, 6.45) is 5.56. The molecule has 2 aliphatic heterocycles. The van der Waals surface area contributed by atoms with Gasteiger partial charge in [-0.25, -0.2) is 4.79 Å². The maximum absolute atomic E-state index is 12.7. The van der Waals surface area contributed by atoms with E-state index in [2.05, 4.69) is 12.2 Å². The molecule has 6 heteroatoms. The van der Waals surface area contributed by atoms with E-state index in [9.17, 15) is 14.4 Å². The third kappa shape index (κ3) is 4.49. The van der Waals surface area contributed by atoms with Crippen molar-refractivity contribution in [2.45, 2.75) is 64.5 Å². The van der Waals surface area contributed by atoms with Crippen molar-refractivity contribution in [2.75, 3.05) is 13.1 Å². The van der Waals surface area contributed by atoms with E-state index in [1.165, 1.54) is 4.90 Å². The number of amides is 4. The highest BCUT2D eigenvalue weighted by Crippen LogP contribution is 2.30. The molecule has 1 atom stereocenters. The summed E-state index contributed by atoms with van der Waals surface area (Å²) in [5, 5.41) is 2.91. The summed E-state index contributed by atoms with van der Waals surface area (Å²) in [7, 11) is 0. The second-order valence-electron chi connectivity index (χ2n) is 7.40. The Morgan fingerprint density at radius 1 is 1.11 bits per heavy atom. The number of carbonyl (C=O) groups is 3. The molecular weight excluding hydrogens is 342 g/mol. The largest absolute Gasteiger partial charge is 0.356 e. The lowest BCUT2D eigenvalue weighted by Gasteiger charge is -2.28. The Labute approximate surface area is 160 Å². The van der Waals surface area contributed by atoms with Gasteiger partial charge in [0.25, 0.3) is 5.91 Å². The van der Waals surface area contributed by atoms with Gasteiger partial charge in [0.05, 0.1) is 0 Å². The summed E-state index contributed by atoms with van der Waals surface area (Å²) in [6, 6.07) is 7.49.